The molecule has 1 aromatic heterocycles. The molecule has 140 valence electrons. The van der Waals surface area contributed by atoms with Crippen molar-refractivity contribution in [3.63, 3.8) is 0 Å². The Morgan fingerprint density at radius 1 is 1.28 bits per heavy atom. The molecule has 3 rings (SSSR count). The highest BCUT2D eigenvalue weighted by Gasteiger charge is 2.38. The Bertz CT molecular complexity index is 607. The summed E-state index contributed by atoms with van der Waals surface area (Å²) < 4.78 is 48.2. The highest BCUT2D eigenvalue weighted by atomic mass is 19.4. The van der Waals surface area contributed by atoms with Crippen molar-refractivity contribution in [1.29, 1.82) is 0 Å². The van der Waals surface area contributed by atoms with Crippen LogP contribution in [0.1, 0.15) is 37.1 Å². The second kappa shape index (κ2) is 7.28. The first-order valence-electron chi connectivity index (χ1n) is 8.33. The molecule has 2 saturated heterocycles. The van der Waals surface area contributed by atoms with Crippen molar-refractivity contribution in [3.8, 4) is 0 Å². The van der Waals surface area contributed by atoms with Crippen LogP contribution in [0.2, 0.25) is 0 Å². The summed E-state index contributed by atoms with van der Waals surface area (Å²) in [6, 6.07) is -0.494. The van der Waals surface area contributed by atoms with Gasteiger partial charge in [-0.25, -0.2) is 0 Å². The van der Waals surface area contributed by atoms with Gasteiger partial charge in [-0.3, -0.25) is 4.79 Å². The summed E-state index contributed by atoms with van der Waals surface area (Å²) in [4.78, 5) is 16.4. The van der Waals surface area contributed by atoms with E-state index in [1.807, 2.05) is 11.9 Å². The SMILES string of the molecule is CN1CCO[C@@H](C(=O)N2CCCC[C@H]2c2nnc(CC(F)(F)F)o2)C1. The summed E-state index contributed by atoms with van der Waals surface area (Å²) >= 11 is 0. The molecule has 2 aliphatic heterocycles. The maximum Gasteiger partial charge on any atom is 0.397 e. The molecule has 7 nitrogen and oxygen atoms in total. The number of ether oxygens (including phenoxy) is 1. The van der Waals surface area contributed by atoms with Gasteiger partial charge in [-0.1, -0.05) is 0 Å². The predicted octanol–water partition coefficient (Wildman–Crippen LogP) is 1.56. The van der Waals surface area contributed by atoms with Gasteiger partial charge in [-0.2, -0.15) is 13.2 Å². The van der Waals surface area contributed by atoms with Crippen molar-refractivity contribution in [2.75, 3.05) is 33.3 Å². The van der Waals surface area contributed by atoms with Gasteiger partial charge >= 0.3 is 6.18 Å². The molecule has 0 unspecified atom stereocenters. The van der Waals surface area contributed by atoms with E-state index in [1.165, 1.54) is 0 Å². The number of carbonyl (C=O) groups excluding carboxylic acids is 1. The molecule has 0 bridgehead atoms. The number of alkyl halides is 3. The summed E-state index contributed by atoms with van der Waals surface area (Å²) in [6.45, 7) is 2.23. The number of morpholine rings is 1. The van der Waals surface area contributed by atoms with Crippen LogP contribution >= 0.6 is 0 Å². The van der Waals surface area contributed by atoms with Crippen molar-refractivity contribution in [2.45, 2.75) is 44.0 Å². The molecule has 0 saturated carbocycles. The fraction of sp³-hybridized carbons (Fsp3) is 0.800. The van der Waals surface area contributed by atoms with E-state index in [4.69, 9.17) is 9.15 Å². The highest BCUT2D eigenvalue weighted by molar-refractivity contribution is 5.81. The van der Waals surface area contributed by atoms with E-state index in [0.29, 0.717) is 26.1 Å². The summed E-state index contributed by atoms with van der Waals surface area (Å²) in [5.74, 6) is -0.586. The van der Waals surface area contributed by atoms with Gasteiger partial charge in [0.05, 0.1) is 6.61 Å². The van der Waals surface area contributed by atoms with Gasteiger partial charge in [0.2, 0.25) is 11.8 Å². The number of piperidine rings is 1. The average molecular weight is 362 g/mol. The van der Waals surface area contributed by atoms with Gasteiger partial charge in [0.25, 0.3) is 5.91 Å². The number of likely N-dealkylation sites (N-methyl/N-ethyl adjacent to an activating group) is 1. The Hall–Kier alpha value is -1.68. The maximum atomic E-state index is 12.8. The van der Waals surface area contributed by atoms with Crippen molar-refractivity contribution in [2.24, 2.45) is 0 Å². The lowest BCUT2D eigenvalue weighted by Gasteiger charge is -2.38. The lowest BCUT2D eigenvalue weighted by molar-refractivity contribution is -0.153. The number of rotatable bonds is 3. The van der Waals surface area contributed by atoms with Gasteiger partial charge in [0.1, 0.15) is 18.6 Å². The minimum absolute atomic E-state index is 0.0662. The number of halogens is 3. The molecule has 25 heavy (non-hydrogen) atoms. The normalized spacial score (nSPS) is 26.0. The van der Waals surface area contributed by atoms with Crippen LogP contribution in [0, 0.1) is 0 Å². The maximum absolute atomic E-state index is 12.8. The third kappa shape index (κ3) is 4.49. The number of likely N-dealkylation sites (tertiary alicyclic amines) is 1. The van der Waals surface area contributed by atoms with Crippen LogP contribution in [0.5, 0.6) is 0 Å². The van der Waals surface area contributed by atoms with Crippen LogP contribution in [0.25, 0.3) is 0 Å². The Morgan fingerprint density at radius 3 is 2.80 bits per heavy atom. The van der Waals surface area contributed by atoms with Crippen LogP contribution in [0.3, 0.4) is 0 Å². The second-order valence-corrected chi connectivity index (χ2v) is 6.49. The van der Waals surface area contributed by atoms with Crippen LogP contribution in [-0.4, -0.2) is 71.5 Å². The first-order valence-corrected chi connectivity index (χ1v) is 8.33. The fourth-order valence-electron chi connectivity index (χ4n) is 3.21. The molecule has 1 amide bonds. The van der Waals surface area contributed by atoms with E-state index >= 15 is 0 Å². The third-order valence-corrected chi connectivity index (χ3v) is 4.45. The number of nitrogens with zero attached hydrogens (tertiary/aromatic N) is 4. The largest absolute Gasteiger partial charge is 0.423 e. The minimum atomic E-state index is -4.41. The summed E-state index contributed by atoms with van der Waals surface area (Å²) in [6.07, 6.45) is -3.99. The summed E-state index contributed by atoms with van der Waals surface area (Å²) in [5.41, 5.74) is 0. The zero-order valence-electron chi connectivity index (χ0n) is 14.0. The van der Waals surface area contributed by atoms with E-state index in [1.54, 1.807) is 4.90 Å². The zero-order chi connectivity index (χ0) is 18.0. The van der Waals surface area contributed by atoms with Crippen LogP contribution in [0.4, 0.5) is 13.2 Å². The molecule has 10 heteroatoms. The van der Waals surface area contributed by atoms with Crippen LogP contribution in [0.15, 0.2) is 4.42 Å². The van der Waals surface area contributed by atoms with Crippen molar-refractivity contribution < 1.29 is 27.1 Å². The molecule has 0 aliphatic carbocycles. The van der Waals surface area contributed by atoms with Crippen LogP contribution in [-0.2, 0) is 16.0 Å². The molecular formula is C15H21F3N4O3. The van der Waals surface area contributed by atoms with Crippen LogP contribution < -0.4 is 0 Å². The number of hydrogen-bond acceptors (Lipinski definition) is 6. The standard InChI is InChI=1S/C15H21F3N4O3/c1-21-6-7-24-11(9-21)14(23)22-5-3-2-4-10(22)13-20-19-12(25-13)8-15(16,17)18/h10-11H,2-9H2,1H3/t10-,11+/m0/s1. The molecule has 0 aromatic carbocycles. The molecule has 3 heterocycles. The van der Waals surface area contributed by atoms with E-state index in [2.05, 4.69) is 10.2 Å². The number of aromatic nitrogens is 2. The van der Waals surface area contributed by atoms with Gasteiger partial charge in [-0.15, -0.1) is 10.2 Å². The molecule has 0 radical (unpaired) electrons. The highest BCUT2D eigenvalue weighted by Crippen LogP contribution is 2.32. The van der Waals surface area contributed by atoms with Gasteiger partial charge in [0, 0.05) is 19.6 Å². The first-order chi connectivity index (χ1) is 11.8. The Labute approximate surface area is 143 Å². The number of hydrogen-bond donors (Lipinski definition) is 0. The first kappa shape index (κ1) is 18.1. The van der Waals surface area contributed by atoms with Gasteiger partial charge < -0.3 is 19.0 Å². The van der Waals surface area contributed by atoms with E-state index in [-0.39, 0.29) is 11.8 Å². The second-order valence-electron chi connectivity index (χ2n) is 6.49. The predicted molar refractivity (Wildman–Crippen MR) is 79.6 cm³/mol. The van der Waals surface area contributed by atoms with Gasteiger partial charge in [-0.05, 0) is 26.3 Å². The van der Waals surface area contributed by atoms with Gasteiger partial charge in [0.15, 0.2) is 0 Å². The molecule has 0 N–H and O–H groups in total. The monoisotopic (exact) mass is 362 g/mol. The van der Waals surface area contributed by atoms with Crippen molar-refractivity contribution in [1.82, 2.24) is 20.0 Å². The van der Waals surface area contributed by atoms with E-state index in [0.717, 1.165) is 19.4 Å². The lowest BCUT2D eigenvalue weighted by Crippen LogP contribution is -2.51. The number of carbonyl (C=O) groups is 1. The fourth-order valence-corrected chi connectivity index (χ4v) is 3.21. The average Bonchev–Trinajstić information content (AvgIpc) is 3.00. The molecule has 2 aliphatic rings. The molecule has 0 spiro atoms. The Kier molecular flexibility index (Phi) is 5.28. The smallest absolute Gasteiger partial charge is 0.397 e. The molecular weight excluding hydrogens is 341 g/mol. The van der Waals surface area contributed by atoms with E-state index < -0.39 is 30.6 Å². The number of amides is 1. The Balaban J connectivity index is 1.73. The minimum Gasteiger partial charge on any atom is -0.423 e. The molecule has 2 fully saturated rings. The Morgan fingerprint density at radius 2 is 2.08 bits per heavy atom. The summed E-state index contributed by atoms with van der Waals surface area (Å²) in [5, 5.41) is 7.24. The van der Waals surface area contributed by atoms with E-state index in [9.17, 15) is 18.0 Å². The lowest BCUT2D eigenvalue weighted by atomic mass is 10.0. The molecule has 2 atom stereocenters. The zero-order valence-corrected chi connectivity index (χ0v) is 14.0. The van der Waals surface area contributed by atoms with Crippen molar-refractivity contribution in [3.05, 3.63) is 11.8 Å². The topological polar surface area (TPSA) is 71.7 Å². The summed E-state index contributed by atoms with van der Waals surface area (Å²) in [7, 11) is 1.91. The van der Waals surface area contributed by atoms with Crippen molar-refractivity contribution >= 4 is 5.91 Å². The third-order valence-electron chi connectivity index (χ3n) is 4.45. The molecule has 1 aromatic rings. The quantitative estimate of drug-likeness (QED) is 0.813.